The van der Waals surface area contributed by atoms with Crippen LogP contribution in [0.5, 0.6) is 0 Å². The Morgan fingerprint density at radius 3 is 1.67 bits per heavy atom. The topological polar surface area (TPSA) is 131 Å². The number of hydrogen-bond donors (Lipinski definition) is 3. The van der Waals surface area contributed by atoms with Crippen LogP contribution in [0, 0.1) is 0 Å². The third-order valence-corrected chi connectivity index (χ3v) is 8.68. The number of aliphatic hydroxyl groups excluding tert-OH is 1. The smallest absolute Gasteiger partial charge is 0.463 e. The minimum absolute atomic E-state index is 0.0834. The number of allylic oxidation sites excluding steroid dienone is 2. The molecule has 0 aliphatic carbocycles. The fourth-order valence-electron chi connectivity index (χ4n) is 4.90. The lowest BCUT2D eigenvalue weighted by Gasteiger charge is -2.15. The molecule has 0 rings (SSSR count). The second-order valence-corrected chi connectivity index (χ2v) is 13.7. The molecule has 45 heavy (non-hydrogen) atoms. The van der Waals surface area contributed by atoms with Crippen molar-refractivity contribution in [3.8, 4) is 0 Å². The lowest BCUT2D eigenvalue weighted by Crippen LogP contribution is -2.27. The van der Waals surface area contributed by atoms with Gasteiger partial charge in [0.15, 0.2) is 0 Å². The summed E-state index contributed by atoms with van der Waals surface area (Å²) in [5.41, 5.74) is 0. The molecule has 0 aromatic heterocycles. The van der Waals surface area contributed by atoms with Gasteiger partial charge in [0, 0.05) is 19.4 Å². The quantitative estimate of drug-likeness (QED) is 0.0269. The average Bonchev–Trinajstić information content (AvgIpc) is 3.02. The molecule has 0 aliphatic rings. The van der Waals surface area contributed by atoms with Crippen LogP contribution in [0.2, 0.25) is 0 Å². The number of hydrogen-bond acceptors (Lipinski definition) is 7. The molecule has 3 N–H and O–H groups in total. The SMILES string of the molecule is CCCCCCCC/C=C/CCCCCCCCCCCC(=O)NCCOP(=O)(O)OCC(O)COC(=O)CCCCCCC. The van der Waals surface area contributed by atoms with Crippen molar-refractivity contribution in [3.63, 3.8) is 0 Å². The second-order valence-electron chi connectivity index (χ2n) is 12.2. The number of carbonyl (C=O) groups is 2. The van der Waals surface area contributed by atoms with Crippen molar-refractivity contribution in [2.45, 2.75) is 174 Å². The number of phosphoric ester groups is 1. The van der Waals surface area contributed by atoms with Gasteiger partial charge in [-0.2, -0.15) is 0 Å². The number of aliphatic hydroxyl groups is 1. The Labute approximate surface area is 275 Å². The van der Waals surface area contributed by atoms with Crippen molar-refractivity contribution in [3.05, 3.63) is 12.2 Å². The van der Waals surface area contributed by atoms with E-state index in [1.807, 2.05) is 0 Å². The largest absolute Gasteiger partial charge is 0.472 e. The maximum Gasteiger partial charge on any atom is 0.472 e. The van der Waals surface area contributed by atoms with Crippen molar-refractivity contribution in [1.82, 2.24) is 5.32 Å². The molecule has 0 fully saturated rings. The van der Waals surface area contributed by atoms with E-state index in [1.54, 1.807) is 0 Å². The number of phosphoric acid groups is 1. The molecule has 2 unspecified atom stereocenters. The van der Waals surface area contributed by atoms with E-state index in [1.165, 1.54) is 89.9 Å². The van der Waals surface area contributed by atoms with Crippen LogP contribution in [0.3, 0.4) is 0 Å². The van der Waals surface area contributed by atoms with Gasteiger partial charge >= 0.3 is 13.8 Å². The molecule has 0 saturated carbocycles. The first-order valence-corrected chi connectivity index (χ1v) is 19.7. The van der Waals surface area contributed by atoms with Gasteiger partial charge in [-0.3, -0.25) is 18.6 Å². The van der Waals surface area contributed by atoms with Crippen LogP contribution in [0.1, 0.15) is 168 Å². The Kier molecular flexibility index (Phi) is 31.8. The van der Waals surface area contributed by atoms with Gasteiger partial charge in [-0.1, -0.05) is 129 Å². The summed E-state index contributed by atoms with van der Waals surface area (Å²) < 4.78 is 26.5. The highest BCUT2D eigenvalue weighted by Crippen LogP contribution is 2.42. The van der Waals surface area contributed by atoms with E-state index in [4.69, 9.17) is 13.8 Å². The molecule has 9 nitrogen and oxygen atoms in total. The third-order valence-electron chi connectivity index (χ3n) is 7.70. The predicted molar refractivity (Wildman–Crippen MR) is 183 cm³/mol. The lowest BCUT2D eigenvalue weighted by molar-refractivity contribution is -0.147. The van der Waals surface area contributed by atoms with Gasteiger partial charge in [-0.05, 0) is 38.5 Å². The maximum atomic E-state index is 12.0. The number of unbranched alkanes of at least 4 members (excludes halogenated alkanes) is 19. The van der Waals surface area contributed by atoms with Crippen LogP contribution in [0.4, 0.5) is 0 Å². The van der Waals surface area contributed by atoms with Gasteiger partial charge in [0.2, 0.25) is 5.91 Å². The monoisotopic (exact) mass is 661 g/mol. The molecular weight excluding hydrogens is 593 g/mol. The summed E-state index contributed by atoms with van der Waals surface area (Å²) in [4.78, 5) is 33.4. The Morgan fingerprint density at radius 1 is 0.667 bits per heavy atom. The highest BCUT2D eigenvalue weighted by Gasteiger charge is 2.23. The number of esters is 1. The number of rotatable bonds is 34. The van der Waals surface area contributed by atoms with Crippen LogP contribution >= 0.6 is 7.82 Å². The maximum absolute atomic E-state index is 12.0. The van der Waals surface area contributed by atoms with E-state index in [2.05, 4.69) is 31.3 Å². The number of amides is 1. The summed E-state index contributed by atoms with van der Waals surface area (Å²) in [5.74, 6) is -0.529. The fourth-order valence-corrected chi connectivity index (χ4v) is 5.66. The molecule has 0 aromatic rings. The molecule has 266 valence electrons. The second kappa shape index (κ2) is 32.7. The van der Waals surface area contributed by atoms with Gasteiger partial charge in [0.1, 0.15) is 12.7 Å². The van der Waals surface area contributed by atoms with Crippen LogP contribution < -0.4 is 5.32 Å². The van der Waals surface area contributed by atoms with Crippen molar-refractivity contribution in [1.29, 1.82) is 0 Å². The van der Waals surface area contributed by atoms with Crippen molar-refractivity contribution < 1.29 is 37.9 Å². The van der Waals surface area contributed by atoms with Gasteiger partial charge in [-0.15, -0.1) is 0 Å². The van der Waals surface area contributed by atoms with Gasteiger partial charge in [0.05, 0.1) is 13.2 Å². The van der Waals surface area contributed by atoms with Crippen LogP contribution in [-0.4, -0.2) is 54.3 Å². The summed E-state index contributed by atoms with van der Waals surface area (Å²) >= 11 is 0. The van der Waals surface area contributed by atoms with E-state index in [9.17, 15) is 24.2 Å². The summed E-state index contributed by atoms with van der Waals surface area (Å²) in [6.07, 6.45) is 30.5. The predicted octanol–water partition coefficient (Wildman–Crippen LogP) is 9.10. The molecule has 0 saturated heterocycles. The Bertz CT molecular complexity index is 764. The fraction of sp³-hybridized carbons (Fsp3) is 0.886. The summed E-state index contributed by atoms with van der Waals surface area (Å²) in [6, 6.07) is 0. The molecule has 0 aromatic carbocycles. The minimum Gasteiger partial charge on any atom is -0.463 e. The van der Waals surface area contributed by atoms with Crippen LogP contribution in [-0.2, 0) is 27.9 Å². The van der Waals surface area contributed by atoms with Crippen LogP contribution in [0.25, 0.3) is 0 Å². The average molecular weight is 662 g/mol. The Morgan fingerprint density at radius 2 is 1.13 bits per heavy atom. The first-order chi connectivity index (χ1) is 21.8. The molecule has 0 heterocycles. The number of nitrogens with one attached hydrogen (secondary N) is 1. The zero-order valence-corrected chi connectivity index (χ0v) is 29.7. The standard InChI is InChI=1S/C35H68NO8P/c1-3-5-7-9-10-11-12-13-14-15-16-17-18-19-20-21-22-24-25-27-34(38)36-29-30-43-45(40,41)44-32-33(37)31-42-35(39)28-26-23-8-6-4-2/h13-14,33,37H,3-12,15-32H2,1-2H3,(H,36,38)(H,40,41)/b14-13+. The molecular formula is C35H68NO8P. The van der Waals surface area contributed by atoms with Crippen molar-refractivity contribution >= 4 is 19.7 Å². The van der Waals surface area contributed by atoms with Gasteiger partial charge in [-0.25, -0.2) is 4.57 Å². The van der Waals surface area contributed by atoms with E-state index >= 15 is 0 Å². The first-order valence-electron chi connectivity index (χ1n) is 18.2. The van der Waals surface area contributed by atoms with Crippen molar-refractivity contribution in [2.75, 3.05) is 26.4 Å². The lowest BCUT2D eigenvalue weighted by atomic mass is 10.1. The Balaban J connectivity index is 3.55. The third kappa shape index (κ3) is 33.9. The zero-order chi connectivity index (χ0) is 33.3. The summed E-state index contributed by atoms with van der Waals surface area (Å²) in [5, 5.41) is 12.5. The van der Waals surface area contributed by atoms with E-state index < -0.39 is 26.5 Å². The molecule has 2 atom stereocenters. The Hall–Kier alpha value is -1.25. The minimum atomic E-state index is -4.39. The summed E-state index contributed by atoms with van der Waals surface area (Å²) in [7, 11) is -4.39. The van der Waals surface area contributed by atoms with E-state index in [-0.39, 0.29) is 32.1 Å². The first kappa shape index (κ1) is 43.8. The molecule has 0 aliphatic heterocycles. The summed E-state index contributed by atoms with van der Waals surface area (Å²) in [6.45, 7) is 3.44. The number of carbonyl (C=O) groups excluding carboxylic acids is 2. The molecule has 0 spiro atoms. The normalized spacial score (nSPS) is 13.6. The van der Waals surface area contributed by atoms with Crippen molar-refractivity contribution in [2.24, 2.45) is 0 Å². The van der Waals surface area contributed by atoms with Gasteiger partial charge in [0.25, 0.3) is 0 Å². The molecule has 0 bridgehead atoms. The molecule has 0 radical (unpaired) electrons. The van der Waals surface area contributed by atoms with Crippen LogP contribution in [0.15, 0.2) is 12.2 Å². The van der Waals surface area contributed by atoms with E-state index in [0.29, 0.717) is 6.42 Å². The zero-order valence-electron chi connectivity index (χ0n) is 28.8. The van der Waals surface area contributed by atoms with Gasteiger partial charge < -0.3 is 20.1 Å². The number of ether oxygens (including phenoxy) is 1. The highest BCUT2D eigenvalue weighted by atomic mass is 31.2. The highest BCUT2D eigenvalue weighted by molar-refractivity contribution is 7.47. The molecule has 1 amide bonds. The van der Waals surface area contributed by atoms with E-state index in [0.717, 1.165) is 51.4 Å². The molecule has 10 heteroatoms.